The molecule has 2 amide bonds. The third kappa shape index (κ3) is 3.62. The fourth-order valence-corrected chi connectivity index (χ4v) is 5.99. The van der Waals surface area contributed by atoms with Gasteiger partial charge in [-0.2, -0.15) is 4.57 Å². The molecule has 0 aliphatic carbocycles. The SMILES string of the molecule is CC[C@@H](C)N1C(=O)N(c2cccc3ccccc23)[C@@H](n2oc(=O)n(-c3cccc4ccccc34)c2=O)C1(C)C. The molecule has 198 valence electrons. The zero-order chi connectivity index (χ0) is 27.5. The Labute approximate surface area is 225 Å². The quantitative estimate of drug-likeness (QED) is 0.287. The van der Waals surface area contributed by atoms with E-state index < -0.39 is 23.2 Å². The summed E-state index contributed by atoms with van der Waals surface area (Å²) in [5.41, 5.74) is -0.454. The summed E-state index contributed by atoms with van der Waals surface area (Å²) < 4.78 is 7.86. The Balaban J connectivity index is 1.61. The highest BCUT2D eigenvalue weighted by atomic mass is 16.5. The Morgan fingerprint density at radius 3 is 1.95 bits per heavy atom. The number of carbonyl (C=O) groups excluding carboxylic acids is 1. The van der Waals surface area contributed by atoms with E-state index in [0.717, 1.165) is 37.3 Å². The molecule has 2 atom stereocenters. The van der Waals surface area contributed by atoms with Crippen molar-refractivity contribution in [2.45, 2.75) is 51.9 Å². The molecular formula is C31H30N4O4. The van der Waals surface area contributed by atoms with Crippen LogP contribution in [-0.4, -0.2) is 31.8 Å². The maximum Gasteiger partial charge on any atom is 0.447 e. The van der Waals surface area contributed by atoms with Gasteiger partial charge in [-0.3, -0.25) is 4.90 Å². The standard InChI is InChI=1S/C31H30N4O4/c1-5-20(2)34-28(36)32(25-18-10-14-21-12-6-8-16-23(21)25)27(31(34,3)4)35-29(37)33(30(38)39-35)26-19-11-15-22-13-7-9-17-24(22)26/h6-20,27H,5H2,1-4H3/t20-,27+/m1/s1. The third-order valence-electron chi connectivity index (χ3n) is 7.94. The molecule has 6 rings (SSSR count). The maximum atomic E-state index is 14.2. The number of amides is 2. The Hall–Kier alpha value is -4.59. The summed E-state index contributed by atoms with van der Waals surface area (Å²) in [4.78, 5) is 45.0. The number of urea groups is 1. The maximum absolute atomic E-state index is 14.2. The van der Waals surface area contributed by atoms with Gasteiger partial charge < -0.3 is 9.42 Å². The van der Waals surface area contributed by atoms with E-state index in [-0.39, 0.29) is 12.1 Å². The Bertz CT molecular complexity index is 1840. The van der Waals surface area contributed by atoms with Crippen LogP contribution in [0.1, 0.15) is 40.3 Å². The summed E-state index contributed by atoms with van der Waals surface area (Å²) in [6.45, 7) is 7.83. The molecule has 0 N–H and O–H groups in total. The van der Waals surface area contributed by atoms with Gasteiger partial charge in [-0.05, 0) is 50.1 Å². The van der Waals surface area contributed by atoms with Crippen LogP contribution >= 0.6 is 0 Å². The lowest BCUT2D eigenvalue weighted by molar-refractivity contribution is 0.0756. The molecule has 39 heavy (non-hydrogen) atoms. The molecule has 0 bridgehead atoms. The zero-order valence-corrected chi connectivity index (χ0v) is 22.4. The Morgan fingerprint density at radius 1 is 0.795 bits per heavy atom. The van der Waals surface area contributed by atoms with E-state index >= 15 is 0 Å². The molecule has 1 fully saturated rings. The van der Waals surface area contributed by atoms with Crippen LogP contribution in [0.2, 0.25) is 0 Å². The number of hydrogen-bond acceptors (Lipinski definition) is 4. The first kappa shape index (κ1) is 24.7. The van der Waals surface area contributed by atoms with Gasteiger partial charge in [0.1, 0.15) is 0 Å². The number of fused-ring (bicyclic) bond motifs is 2. The van der Waals surface area contributed by atoms with Gasteiger partial charge in [0, 0.05) is 16.8 Å². The fraction of sp³-hybridized carbons (Fsp3) is 0.258. The first-order chi connectivity index (χ1) is 18.8. The molecule has 1 aliphatic heterocycles. The number of rotatable bonds is 5. The summed E-state index contributed by atoms with van der Waals surface area (Å²) in [7, 11) is 0. The molecule has 1 aromatic heterocycles. The number of carbonyl (C=O) groups is 1. The molecule has 4 aromatic carbocycles. The number of anilines is 1. The van der Waals surface area contributed by atoms with Crippen LogP contribution in [0.4, 0.5) is 10.5 Å². The molecule has 0 unspecified atom stereocenters. The van der Waals surface area contributed by atoms with E-state index in [9.17, 15) is 14.4 Å². The summed E-state index contributed by atoms with van der Waals surface area (Å²) >= 11 is 0. The highest BCUT2D eigenvalue weighted by Gasteiger charge is 2.56. The van der Waals surface area contributed by atoms with E-state index in [4.69, 9.17) is 4.52 Å². The van der Waals surface area contributed by atoms with Gasteiger partial charge in [-0.25, -0.2) is 14.4 Å². The first-order valence-corrected chi connectivity index (χ1v) is 13.2. The van der Waals surface area contributed by atoms with E-state index in [2.05, 4.69) is 0 Å². The van der Waals surface area contributed by atoms with E-state index in [1.54, 1.807) is 21.9 Å². The topological polar surface area (TPSA) is 80.7 Å². The average molecular weight is 523 g/mol. The monoisotopic (exact) mass is 522 g/mol. The lowest BCUT2D eigenvalue weighted by atomic mass is 9.97. The van der Waals surface area contributed by atoms with Crippen molar-refractivity contribution < 1.29 is 9.32 Å². The van der Waals surface area contributed by atoms with Gasteiger partial charge in [0.25, 0.3) is 0 Å². The molecule has 5 aromatic rings. The summed E-state index contributed by atoms with van der Waals surface area (Å²) in [5.74, 6) is -0.806. The minimum Gasteiger partial charge on any atom is -0.314 e. The highest BCUT2D eigenvalue weighted by Crippen LogP contribution is 2.45. The normalized spacial score (nSPS) is 17.8. The van der Waals surface area contributed by atoms with Crippen LogP contribution in [0.15, 0.2) is 99.0 Å². The summed E-state index contributed by atoms with van der Waals surface area (Å²) in [6.07, 6.45) is -0.192. The predicted molar refractivity (Wildman–Crippen MR) is 153 cm³/mol. The van der Waals surface area contributed by atoms with Crippen LogP contribution in [-0.2, 0) is 0 Å². The first-order valence-electron chi connectivity index (χ1n) is 13.2. The number of nitrogens with zero attached hydrogens (tertiary/aromatic N) is 4. The largest absolute Gasteiger partial charge is 0.447 e. The second kappa shape index (κ2) is 9.01. The van der Waals surface area contributed by atoms with Crippen LogP contribution < -0.4 is 16.3 Å². The van der Waals surface area contributed by atoms with Crippen molar-refractivity contribution in [2.24, 2.45) is 0 Å². The van der Waals surface area contributed by atoms with Gasteiger partial charge in [0.2, 0.25) is 0 Å². The fourth-order valence-electron chi connectivity index (χ4n) is 5.99. The Kier molecular flexibility index (Phi) is 5.71. The van der Waals surface area contributed by atoms with Crippen molar-refractivity contribution in [3.8, 4) is 5.69 Å². The van der Waals surface area contributed by atoms with E-state index in [0.29, 0.717) is 11.4 Å². The molecule has 8 nitrogen and oxygen atoms in total. The van der Waals surface area contributed by atoms with Crippen LogP contribution in [0.3, 0.4) is 0 Å². The highest BCUT2D eigenvalue weighted by molar-refractivity contribution is 6.05. The number of benzene rings is 4. The van der Waals surface area contributed by atoms with Crippen molar-refractivity contribution in [3.63, 3.8) is 0 Å². The van der Waals surface area contributed by atoms with Gasteiger partial charge >= 0.3 is 17.5 Å². The molecular weight excluding hydrogens is 492 g/mol. The zero-order valence-electron chi connectivity index (χ0n) is 22.4. The minimum absolute atomic E-state index is 0.113. The van der Waals surface area contributed by atoms with Crippen molar-refractivity contribution in [1.29, 1.82) is 0 Å². The smallest absolute Gasteiger partial charge is 0.314 e. The average Bonchev–Trinajstić information content (AvgIpc) is 3.34. The predicted octanol–water partition coefficient (Wildman–Crippen LogP) is 5.92. The van der Waals surface area contributed by atoms with Crippen molar-refractivity contribution in [1.82, 2.24) is 14.2 Å². The van der Waals surface area contributed by atoms with E-state index in [1.807, 2.05) is 100 Å². The minimum atomic E-state index is -0.916. The van der Waals surface area contributed by atoms with Gasteiger partial charge in [0.05, 0.1) is 16.9 Å². The van der Waals surface area contributed by atoms with E-state index in [1.165, 1.54) is 0 Å². The molecule has 0 saturated carbocycles. The lowest BCUT2D eigenvalue weighted by Gasteiger charge is -2.37. The summed E-state index contributed by atoms with van der Waals surface area (Å²) in [5, 5.41) is 3.47. The van der Waals surface area contributed by atoms with Crippen LogP contribution in [0.25, 0.3) is 27.2 Å². The van der Waals surface area contributed by atoms with Crippen molar-refractivity contribution in [3.05, 3.63) is 106 Å². The van der Waals surface area contributed by atoms with Crippen molar-refractivity contribution in [2.75, 3.05) is 4.90 Å². The number of aromatic nitrogens is 2. The van der Waals surface area contributed by atoms with Crippen LogP contribution in [0.5, 0.6) is 0 Å². The molecule has 8 heteroatoms. The lowest BCUT2D eigenvalue weighted by Crippen LogP contribution is -2.50. The van der Waals surface area contributed by atoms with Gasteiger partial charge in [-0.1, -0.05) is 79.7 Å². The van der Waals surface area contributed by atoms with Crippen LogP contribution in [0, 0.1) is 0 Å². The molecule has 0 radical (unpaired) electrons. The molecule has 0 spiro atoms. The van der Waals surface area contributed by atoms with Gasteiger partial charge in [0.15, 0.2) is 6.17 Å². The third-order valence-corrected chi connectivity index (χ3v) is 7.94. The molecule has 1 aliphatic rings. The van der Waals surface area contributed by atoms with Gasteiger partial charge in [-0.15, -0.1) is 4.74 Å². The number of hydrogen-bond donors (Lipinski definition) is 0. The second-order valence-corrected chi connectivity index (χ2v) is 10.6. The van der Waals surface area contributed by atoms with Crippen molar-refractivity contribution >= 4 is 33.3 Å². The summed E-state index contributed by atoms with van der Waals surface area (Å²) in [6, 6.07) is 26.2. The molecule has 1 saturated heterocycles. The Morgan fingerprint density at radius 2 is 1.33 bits per heavy atom. The molecule has 2 heterocycles. The second-order valence-electron chi connectivity index (χ2n) is 10.6.